The Balaban J connectivity index is 0.827. The molecule has 16 aromatic rings. The van der Waals surface area contributed by atoms with Gasteiger partial charge in [0, 0.05) is 78.2 Å². The third-order valence-electron chi connectivity index (χ3n) is 18.8. The summed E-state index contributed by atoms with van der Waals surface area (Å²) in [6.45, 7) is 0.114. The molecule has 0 atom stereocenters. The number of aromatic nitrogens is 6. The van der Waals surface area contributed by atoms with Crippen molar-refractivity contribution in [3.63, 3.8) is 0 Å². The minimum Gasteiger partial charge on any atom is -0.457 e. The van der Waals surface area contributed by atoms with Crippen LogP contribution in [0.25, 0.3) is 107 Å². The van der Waals surface area contributed by atoms with Crippen LogP contribution in [0.2, 0.25) is 0 Å². The smallest absolute Gasteiger partial charge is 0.338 e. The first-order valence-corrected chi connectivity index (χ1v) is 32.9. The summed E-state index contributed by atoms with van der Waals surface area (Å²) in [5.74, 6) is 1.66. The Bertz CT molecular complexity index is 5650. The van der Waals surface area contributed by atoms with Crippen molar-refractivity contribution in [2.45, 2.75) is 6.61 Å². The Morgan fingerprint density at radius 2 is 0.816 bits per heavy atom. The Kier molecular flexibility index (Phi) is 14.3. The zero-order chi connectivity index (χ0) is 65.0. The number of benzene rings is 13. The Labute approximate surface area is 566 Å². The fraction of sp³-hybridized carbons (Fsp3) is 0.0115. The van der Waals surface area contributed by atoms with Gasteiger partial charge in [0.2, 0.25) is 0 Å². The number of rotatable bonds is 13. The number of ether oxygens (including phenoxy) is 1. The van der Waals surface area contributed by atoms with Gasteiger partial charge in [0.25, 0.3) is 6.71 Å². The molecule has 11 heteroatoms. The fourth-order valence-electron chi connectivity index (χ4n) is 14.3. The first-order valence-electron chi connectivity index (χ1n) is 32.9. The van der Waals surface area contributed by atoms with E-state index in [-0.39, 0.29) is 13.3 Å². The zero-order valence-corrected chi connectivity index (χ0v) is 52.9. The second kappa shape index (κ2) is 24.3. The third kappa shape index (κ3) is 10.2. The maximum absolute atomic E-state index is 13.9. The van der Waals surface area contributed by atoms with Gasteiger partial charge in [0.15, 0.2) is 23.3 Å². The number of anilines is 6. The van der Waals surface area contributed by atoms with Gasteiger partial charge < -0.3 is 19.1 Å². The number of carbonyl (C=O) groups is 1. The van der Waals surface area contributed by atoms with Gasteiger partial charge in [-0.25, -0.2) is 29.7 Å². The van der Waals surface area contributed by atoms with E-state index in [1.54, 1.807) is 0 Å². The van der Waals surface area contributed by atoms with Crippen LogP contribution in [0, 0.1) is 0 Å². The molecule has 98 heavy (non-hydrogen) atoms. The molecule has 0 radical (unpaired) electrons. The lowest BCUT2D eigenvalue weighted by Gasteiger charge is -2.45. The highest BCUT2D eigenvalue weighted by Crippen LogP contribution is 2.48. The van der Waals surface area contributed by atoms with Gasteiger partial charge >= 0.3 is 5.97 Å². The van der Waals surface area contributed by atoms with E-state index in [4.69, 9.17) is 29.7 Å². The van der Waals surface area contributed by atoms with Crippen LogP contribution < -0.4 is 26.2 Å². The lowest BCUT2D eigenvalue weighted by Crippen LogP contribution is -2.61. The van der Waals surface area contributed by atoms with Gasteiger partial charge in [0.05, 0.1) is 39.4 Å². The minimum atomic E-state index is -0.404. The van der Waals surface area contributed by atoms with E-state index >= 15 is 0 Å². The first kappa shape index (κ1) is 57.5. The lowest BCUT2D eigenvalue weighted by atomic mass is 9.33. The maximum Gasteiger partial charge on any atom is 0.338 e. The van der Waals surface area contributed by atoms with Crippen LogP contribution in [0.3, 0.4) is 0 Å². The molecule has 18 rings (SSSR count). The monoisotopic (exact) mass is 1260 g/mol. The van der Waals surface area contributed by atoms with Crippen molar-refractivity contribution in [2.75, 3.05) is 9.80 Å². The quantitative estimate of drug-likeness (QED) is 0.0825. The molecule has 0 fully saturated rings. The van der Waals surface area contributed by atoms with Crippen molar-refractivity contribution in [2.24, 2.45) is 0 Å². The average Bonchev–Trinajstić information content (AvgIpc) is 0.841. The summed E-state index contributed by atoms with van der Waals surface area (Å²) in [6, 6.07) is 115. The fourth-order valence-corrected chi connectivity index (χ4v) is 14.3. The van der Waals surface area contributed by atoms with E-state index in [0.29, 0.717) is 28.9 Å². The molecule has 2 aliphatic heterocycles. The molecule has 0 amide bonds. The van der Waals surface area contributed by atoms with Crippen LogP contribution in [0.1, 0.15) is 15.9 Å². The average molecular weight is 1260 g/mol. The lowest BCUT2D eigenvalue weighted by molar-refractivity contribution is 0.0473. The van der Waals surface area contributed by atoms with E-state index in [0.717, 1.165) is 117 Å². The number of hydrogen-bond acceptors (Lipinski definition) is 9. The summed E-state index contributed by atoms with van der Waals surface area (Å²) in [4.78, 5) is 45.8. The summed E-state index contributed by atoms with van der Waals surface area (Å²) in [5.41, 5.74) is 23.2. The van der Waals surface area contributed by atoms with Gasteiger partial charge in [-0.15, -0.1) is 0 Å². The molecule has 0 unspecified atom stereocenters. The third-order valence-corrected chi connectivity index (χ3v) is 18.8. The van der Waals surface area contributed by atoms with E-state index in [1.165, 1.54) is 22.1 Å². The Morgan fingerprint density at radius 1 is 0.337 bits per heavy atom. The molecule has 0 spiro atoms. The van der Waals surface area contributed by atoms with Crippen molar-refractivity contribution in [1.82, 2.24) is 29.5 Å². The minimum absolute atomic E-state index is 0.0462. The van der Waals surface area contributed by atoms with Gasteiger partial charge in [-0.3, -0.25) is 0 Å². The van der Waals surface area contributed by atoms with Crippen molar-refractivity contribution < 1.29 is 9.53 Å². The predicted molar refractivity (Wildman–Crippen MR) is 397 cm³/mol. The summed E-state index contributed by atoms with van der Waals surface area (Å²) in [7, 11) is 0. The summed E-state index contributed by atoms with van der Waals surface area (Å²) < 4.78 is 8.16. The second-order valence-electron chi connectivity index (χ2n) is 24.6. The van der Waals surface area contributed by atoms with Crippen LogP contribution in [0.4, 0.5) is 34.1 Å². The Morgan fingerprint density at radius 3 is 1.47 bits per heavy atom. The van der Waals surface area contributed by atoms with Gasteiger partial charge in [-0.05, 0) is 112 Å². The molecule has 3 aromatic heterocycles. The van der Waals surface area contributed by atoms with Crippen LogP contribution in [0.15, 0.2) is 334 Å². The van der Waals surface area contributed by atoms with Crippen molar-refractivity contribution in [1.29, 1.82) is 0 Å². The topological polar surface area (TPSA) is 102 Å². The highest BCUT2D eigenvalue weighted by molar-refractivity contribution is 7.00. The number of esters is 1. The molecule has 0 aliphatic carbocycles. The molecule has 2 aliphatic rings. The van der Waals surface area contributed by atoms with Crippen molar-refractivity contribution in [3.8, 4) is 84.9 Å². The predicted octanol–water partition coefficient (Wildman–Crippen LogP) is 18.9. The van der Waals surface area contributed by atoms with E-state index in [2.05, 4.69) is 208 Å². The SMILES string of the molecule is O=C(OCc1ccccc1)c1ccc2c(c1)c1ccccc1n2-c1ccc(-c2cc(-c3ccccc3)nc(-c3ccccc3)n2)cc1-c1nc(-c2ccccc2)nc(-c2ccc(-c3ccc4c5c3N(c3ccccc3)c3ccccc3B5c3ccccc3N4c3ccccc3)cc2)n1. The van der Waals surface area contributed by atoms with E-state index in [9.17, 15) is 4.79 Å². The van der Waals surface area contributed by atoms with E-state index in [1.807, 2.05) is 140 Å². The van der Waals surface area contributed by atoms with Gasteiger partial charge in [-0.1, -0.05) is 249 Å². The second-order valence-corrected chi connectivity index (χ2v) is 24.6. The number of carbonyl (C=O) groups excluding carboxylic acids is 1. The molecule has 0 N–H and O–H groups in total. The molecule has 460 valence electrons. The molecular weight excluding hydrogens is 1200 g/mol. The van der Waals surface area contributed by atoms with Crippen molar-refractivity contribution >= 4 is 85.0 Å². The van der Waals surface area contributed by atoms with E-state index < -0.39 is 5.97 Å². The Hall–Kier alpha value is -13.1. The highest BCUT2D eigenvalue weighted by atomic mass is 16.5. The van der Waals surface area contributed by atoms with Crippen molar-refractivity contribution in [3.05, 3.63) is 345 Å². The van der Waals surface area contributed by atoms with Crippen LogP contribution >= 0.6 is 0 Å². The zero-order valence-electron chi connectivity index (χ0n) is 52.9. The molecule has 10 nitrogen and oxygen atoms in total. The first-order chi connectivity index (χ1) is 48.5. The molecular formula is C87H57BN8O2. The maximum atomic E-state index is 13.9. The van der Waals surface area contributed by atoms with Crippen LogP contribution in [0.5, 0.6) is 0 Å². The van der Waals surface area contributed by atoms with Gasteiger partial charge in [0.1, 0.15) is 6.61 Å². The molecule has 0 saturated heterocycles. The normalized spacial score (nSPS) is 12.1. The molecule has 13 aromatic carbocycles. The number of fused-ring (bicyclic) bond motifs is 7. The number of nitrogens with zero attached hydrogens (tertiary/aromatic N) is 8. The number of hydrogen-bond donors (Lipinski definition) is 0. The van der Waals surface area contributed by atoms with Crippen LogP contribution in [-0.4, -0.2) is 42.2 Å². The van der Waals surface area contributed by atoms with Crippen LogP contribution in [-0.2, 0) is 11.3 Å². The van der Waals surface area contributed by atoms with Gasteiger partial charge in [-0.2, -0.15) is 0 Å². The molecule has 0 bridgehead atoms. The standard InChI is InChI=1S/C87H57BN8O2/c97-87(98-56-57-25-7-1-8-26-57)64-48-51-76-69(54-64)68-37-19-22-40-75(68)96(76)77-50-47-63(74-55-73(59-27-9-2-10-28-59)89-83(90-74)60-29-11-3-12-30-60)53-70(77)86-92-84(61-31-13-4-14-32-61)91-85(93-86)62-45-43-58(44-46-62)67-49-52-80-81-82(67)95(66-35-17-6-18-36-66)79-42-24-21-39-72(79)88(81)71-38-20-23-41-78(71)94(80)65-33-15-5-16-34-65/h1-55H,56H2. The highest BCUT2D eigenvalue weighted by Gasteiger charge is 2.44. The largest absolute Gasteiger partial charge is 0.457 e. The summed E-state index contributed by atoms with van der Waals surface area (Å²) in [6.07, 6.45) is 0. The number of para-hydroxylation sites is 5. The summed E-state index contributed by atoms with van der Waals surface area (Å²) >= 11 is 0. The molecule has 5 heterocycles. The molecule has 0 saturated carbocycles. The summed E-state index contributed by atoms with van der Waals surface area (Å²) in [5, 5.41) is 1.85.